The van der Waals surface area contributed by atoms with Gasteiger partial charge in [0.2, 0.25) is 0 Å². The number of ether oxygens (including phenoxy) is 2. The van der Waals surface area contributed by atoms with Gasteiger partial charge in [0, 0.05) is 19.6 Å². The van der Waals surface area contributed by atoms with Crippen LogP contribution in [0.4, 0.5) is 0 Å². The normalized spacial score (nSPS) is 16.6. The van der Waals surface area contributed by atoms with Crippen LogP contribution in [0.1, 0.15) is 12.5 Å². The topological polar surface area (TPSA) is 33.7 Å². The molecule has 0 spiro atoms. The Kier molecular flexibility index (Phi) is 6.09. The third-order valence-electron chi connectivity index (χ3n) is 2.86. The summed E-state index contributed by atoms with van der Waals surface area (Å²) in [6.07, 6.45) is 0. The molecule has 0 atom stereocenters. The minimum absolute atomic E-state index is 0.655. The SMILES string of the molecule is CCOc1c(Br)cc(CNN2CCOCC2)cc1Br. The summed E-state index contributed by atoms with van der Waals surface area (Å²) in [6.45, 7) is 6.88. The van der Waals surface area contributed by atoms with Crippen molar-refractivity contribution in [2.24, 2.45) is 0 Å². The van der Waals surface area contributed by atoms with Gasteiger partial charge in [0.15, 0.2) is 0 Å². The molecule has 0 bridgehead atoms. The maximum Gasteiger partial charge on any atom is 0.147 e. The fourth-order valence-corrected chi connectivity index (χ4v) is 3.43. The highest BCUT2D eigenvalue weighted by Gasteiger charge is 2.11. The monoisotopic (exact) mass is 392 g/mol. The standard InChI is InChI=1S/C13H18Br2N2O2/c1-2-19-13-11(14)7-10(8-12(13)15)9-16-17-3-5-18-6-4-17/h7-8,16H,2-6,9H2,1H3. The molecule has 1 fully saturated rings. The number of benzene rings is 1. The molecule has 1 aromatic rings. The van der Waals surface area contributed by atoms with Crippen LogP contribution in [0.5, 0.6) is 5.75 Å². The van der Waals surface area contributed by atoms with E-state index in [2.05, 4.69) is 54.4 Å². The van der Waals surface area contributed by atoms with Gasteiger partial charge in [-0.2, -0.15) is 0 Å². The quantitative estimate of drug-likeness (QED) is 0.833. The van der Waals surface area contributed by atoms with E-state index in [-0.39, 0.29) is 0 Å². The molecule has 6 heteroatoms. The third-order valence-corrected chi connectivity index (χ3v) is 4.04. The summed E-state index contributed by atoms with van der Waals surface area (Å²) in [5.74, 6) is 0.859. The summed E-state index contributed by atoms with van der Waals surface area (Å²) in [5.41, 5.74) is 4.62. The van der Waals surface area contributed by atoms with Crippen molar-refractivity contribution in [2.75, 3.05) is 32.9 Å². The molecule has 1 N–H and O–H groups in total. The summed E-state index contributed by atoms with van der Waals surface area (Å²) >= 11 is 7.10. The molecule has 2 rings (SSSR count). The van der Waals surface area contributed by atoms with Gasteiger partial charge in [-0.1, -0.05) is 0 Å². The van der Waals surface area contributed by atoms with Crippen molar-refractivity contribution in [3.8, 4) is 5.75 Å². The highest BCUT2D eigenvalue weighted by atomic mass is 79.9. The summed E-state index contributed by atoms with van der Waals surface area (Å²) in [5, 5.41) is 2.20. The maximum atomic E-state index is 5.58. The van der Waals surface area contributed by atoms with Gasteiger partial charge in [0.1, 0.15) is 5.75 Å². The number of nitrogens with one attached hydrogen (secondary N) is 1. The van der Waals surface area contributed by atoms with E-state index < -0.39 is 0 Å². The lowest BCUT2D eigenvalue weighted by Crippen LogP contribution is -2.45. The minimum Gasteiger partial charge on any atom is -0.492 e. The first-order chi connectivity index (χ1) is 9.20. The molecule has 0 aliphatic carbocycles. The van der Waals surface area contributed by atoms with Gasteiger partial charge in [-0.05, 0) is 56.5 Å². The first-order valence-electron chi connectivity index (χ1n) is 6.37. The van der Waals surface area contributed by atoms with Gasteiger partial charge in [0.25, 0.3) is 0 Å². The maximum absolute atomic E-state index is 5.58. The molecule has 1 aliphatic heterocycles. The molecular formula is C13H18Br2N2O2. The van der Waals surface area contributed by atoms with Crippen LogP contribution in [0.25, 0.3) is 0 Å². The third kappa shape index (κ3) is 4.43. The number of hydrogen-bond donors (Lipinski definition) is 1. The van der Waals surface area contributed by atoms with E-state index in [1.54, 1.807) is 0 Å². The van der Waals surface area contributed by atoms with Crippen LogP contribution < -0.4 is 10.2 Å². The Balaban J connectivity index is 1.96. The molecule has 0 radical (unpaired) electrons. The Hall–Kier alpha value is -0.140. The van der Waals surface area contributed by atoms with Gasteiger partial charge in [-0.3, -0.25) is 5.43 Å². The lowest BCUT2D eigenvalue weighted by molar-refractivity contribution is 0.0105. The molecule has 1 aliphatic rings. The highest BCUT2D eigenvalue weighted by Crippen LogP contribution is 2.34. The smallest absolute Gasteiger partial charge is 0.147 e. The van der Waals surface area contributed by atoms with Crippen LogP contribution in [0, 0.1) is 0 Å². The van der Waals surface area contributed by atoms with Gasteiger partial charge in [0.05, 0.1) is 28.8 Å². The average Bonchev–Trinajstić information content (AvgIpc) is 2.42. The zero-order valence-corrected chi connectivity index (χ0v) is 14.1. The van der Waals surface area contributed by atoms with Crippen LogP contribution >= 0.6 is 31.9 Å². The van der Waals surface area contributed by atoms with Crippen LogP contribution in [0.2, 0.25) is 0 Å². The van der Waals surface area contributed by atoms with Gasteiger partial charge >= 0.3 is 0 Å². The van der Waals surface area contributed by atoms with Crippen molar-refractivity contribution in [2.45, 2.75) is 13.5 Å². The molecule has 0 unspecified atom stereocenters. The zero-order chi connectivity index (χ0) is 13.7. The van der Waals surface area contributed by atoms with E-state index in [1.807, 2.05) is 6.92 Å². The molecule has 4 nitrogen and oxygen atoms in total. The fourth-order valence-electron chi connectivity index (χ4n) is 1.92. The Labute approximate surface area is 130 Å². The first kappa shape index (κ1) is 15.3. The van der Waals surface area contributed by atoms with Crippen molar-refractivity contribution in [1.29, 1.82) is 0 Å². The fraction of sp³-hybridized carbons (Fsp3) is 0.538. The highest BCUT2D eigenvalue weighted by molar-refractivity contribution is 9.11. The minimum atomic E-state index is 0.655. The van der Waals surface area contributed by atoms with Gasteiger partial charge < -0.3 is 9.47 Å². The van der Waals surface area contributed by atoms with Crippen molar-refractivity contribution in [3.05, 3.63) is 26.6 Å². The van der Waals surface area contributed by atoms with E-state index in [4.69, 9.17) is 9.47 Å². The van der Waals surface area contributed by atoms with Crippen molar-refractivity contribution < 1.29 is 9.47 Å². The second-order valence-corrected chi connectivity index (χ2v) is 5.96. The lowest BCUT2D eigenvalue weighted by Gasteiger charge is -2.27. The number of halogens is 2. The molecule has 0 amide bonds. The number of hydrazine groups is 1. The van der Waals surface area contributed by atoms with Gasteiger partial charge in [-0.15, -0.1) is 0 Å². The molecule has 1 saturated heterocycles. The molecule has 1 aromatic carbocycles. The molecule has 0 aromatic heterocycles. The lowest BCUT2D eigenvalue weighted by atomic mass is 10.2. The Morgan fingerprint density at radius 3 is 2.47 bits per heavy atom. The molecule has 0 saturated carbocycles. The second kappa shape index (κ2) is 7.59. The van der Waals surface area contributed by atoms with E-state index >= 15 is 0 Å². The molecule has 1 heterocycles. The van der Waals surface area contributed by atoms with Crippen molar-refractivity contribution in [1.82, 2.24) is 10.4 Å². The van der Waals surface area contributed by atoms with E-state index in [9.17, 15) is 0 Å². The Morgan fingerprint density at radius 1 is 1.26 bits per heavy atom. The zero-order valence-electron chi connectivity index (χ0n) is 10.9. The number of morpholine rings is 1. The van der Waals surface area contributed by atoms with Crippen LogP contribution in [-0.4, -0.2) is 37.9 Å². The summed E-state index contributed by atoms with van der Waals surface area (Å²) in [7, 11) is 0. The number of hydrogen-bond acceptors (Lipinski definition) is 4. The first-order valence-corrected chi connectivity index (χ1v) is 7.96. The van der Waals surface area contributed by atoms with Gasteiger partial charge in [-0.25, -0.2) is 5.01 Å². The summed E-state index contributed by atoms with van der Waals surface area (Å²) in [4.78, 5) is 0. The Bertz CT molecular complexity index is 400. The van der Waals surface area contributed by atoms with E-state index in [0.717, 1.165) is 47.5 Å². The summed E-state index contributed by atoms with van der Waals surface area (Å²) in [6, 6.07) is 4.17. The molecule has 19 heavy (non-hydrogen) atoms. The average molecular weight is 394 g/mol. The largest absolute Gasteiger partial charge is 0.492 e. The molecular weight excluding hydrogens is 376 g/mol. The van der Waals surface area contributed by atoms with Crippen LogP contribution in [0.3, 0.4) is 0 Å². The molecule has 106 valence electrons. The van der Waals surface area contributed by atoms with Crippen LogP contribution in [-0.2, 0) is 11.3 Å². The van der Waals surface area contributed by atoms with E-state index in [0.29, 0.717) is 6.61 Å². The second-order valence-electron chi connectivity index (χ2n) is 4.26. The van der Waals surface area contributed by atoms with Crippen LogP contribution in [0.15, 0.2) is 21.1 Å². The number of nitrogens with zero attached hydrogens (tertiary/aromatic N) is 1. The summed E-state index contributed by atoms with van der Waals surface area (Å²) < 4.78 is 12.8. The van der Waals surface area contributed by atoms with E-state index in [1.165, 1.54) is 5.56 Å². The number of rotatable bonds is 5. The van der Waals surface area contributed by atoms with Crippen molar-refractivity contribution in [3.63, 3.8) is 0 Å². The van der Waals surface area contributed by atoms with Crippen molar-refractivity contribution >= 4 is 31.9 Å². The predicted molar refractivity (Wildman–Crippen MR) is 82.2 cm³/mol. The predicted octanol–water partition coefficient (Wildman–Crippen LogP) is 2.95. The Morgan fingerprint density at radius 2 is 1.89 bits per heavy atom.